The number of rotatable bonds is 2. The molecule has 1 unspecified atom stereocenters. The van der Waals surface area contributed by atoms with E-state index in [-0.39, 0.29) is 0 Å². The van der Waals surface area contributed by atoms with Crippen molar-refractivity contribution in [3.05, 3.63) is 22.3 Å². The SMILES string of the molecule is Clc1cnc(NC2CCCNCC2)c(Cl)c1. The maximum absolute atomic E-state index is 6.06. The van der Waals surface area contributed by atoms with Crippen LogP contribution in [0, 0.1) is 0 Å². The van der Waals surface area contributed by atoms with Gasteiger partial charge in [0.05, 0.1) is 10.0 Å². The average Bonchev–Trinajstić information content (AvgIpc) is 2.51. The molecule has 88 valence electrons. The highest BCUT2D eigenvalue weighted by Crippen LogP contribution is 2.24. The summed E-state index contributed by atoms with van der Waals surface area (Å²) in [7, 11) is 0. The third kappa shape index (κ3) is 3.24. The Morgan fingerprint density at radius 2 is 2.19 bits per heavy atom. The summed E-state index contributed by atoms with van der Waals surface area (Å²) in [6, 6.07) is 2.16. The Balaban J connectivity index is 2.01. The molecule has 1 aromatic rings. The van der Waals surface area contributed by atoms with Crippen LogP contribution in [0.25, 0.3) is 0 Å². The number of pyridine rings is 1. The van der Waals surface area contributed by atoms with Crippen molar-refractivity contribution in [3.63, 3.8) is 0 Å². The molecule has 1 aromatic heterocycles. The molecule has 0 amide bonds. The fraction of sp³-hybridized carbons (Fsp3) is 0.545. The molecule has 0 aliphatic carbocycles. The lowest BCUT2D eigenvalue weighted by molar-refractivity contribution is 0.635. The normalized spacial score (nSPS) is 21.5. The van der Waals surface area contributed by atoms with Crippen LogP contribution in [0.5, 0.6) is 0 Å². The second kappa shape index (κ2) is 5.71. The highest BCUT2D eigenvalue weighted by molar-refractivity contribution is 6.35. The molecule has 3 nitrogen and oxygen atoms in total. The Morgan fingerprint density at radius 3 is 3.00 bits per heavy atom. The molecule has 0 radical (unpaired) electrons. The van der Waals surface area contributed by atoms with Gasteiger partial charge < -0.3 is 10.6 Å². The molecule has 5 heteroatoms. The minimum absolute atomic E-state index is 0.446. The molecule has 1 aliphatic heterocycles. The zero-order chi connectivity index (χ0) is 11.4. The predicted octanol–water partition coefficient (Wildman–Crippen LogP) is 2.94. The first kappa shape index (κ1) is 12.0. The molecule has 1 aliphatic rings. The van der Waals surface area contributed by atoms with Gasteiger partial charge >= 0.3 is 0 Å². The van der Waals surface area contributed by atoms with Gasteiger partial charge in [-0.25, -0.2) is 4.98 Å². The van der Waals surface area contributed by atoms with Gasteiger partial charge in [0.25, 0.3) is 0 Å². The largest absolute Gasteiger partial charge is 0.366 e. The van der Waals surface area contributed by atoms with Crippen LogP contribution >= 0.6 is 23.2 Å². The van der Waals surface area contributed by atoms with E-state index in [0.29, 0.717) is 16.1 Å². The molecular formula is C11H15Cl2N3. The van der Waals surface area contributed by atoms with Crippen molar-refractivity contribution in [2.24, 2.45) is 0 Å². The molecular weight excluding hydrogens is 245 g/mol. The van der Waals surface area contributed by atoms with Crippen molar-refractivity contribution in [1.82, 2.24) is 10.3 Å². The van der Waals surface area contributed by atoms with Crippen LogP contribution in [0.1, 0.15) is 19.3 Å². The van der Waals surface area contributed by atoms with E-state index in [0.717, 1.165) is 31.7 Å². The second-order valence-corrected chi connectivity index (χ2v) is 4.85. The average molecular weight is 260 g/mol. The number of hydrogen-bond acceptors (Lipinski definition) is 3. The van der Waals surface area contributed by atoms with E-state index in [4.69, 9.17) is 23.2 Å². The molecule has 1 saturated heterocycles. The van der Waals surface area contributed by atoms with E-state index in [1.54, 1.807) is 12.3 Å². The second-order valence-electron chi connectivity index (χ2n) is 4.01. The van der Waals surface area contributed by atoms with Crippen molar-refractivity contribution >= 4 is 29.0 Å². The summed E-state index contributed by atoms with van der Waals surface area (Å²) < 4.78 is 0. The van der Waals surface area contributed by atoms with E-state index in [1.807, 2.05) is 0 Å². The Bertz CT molecular complexity index is 349. The molecule has 0 aromatic carbocycles. The highest BCUT2D eigenvalue weighted by atomic mass is 35.5. The van der Waals surface area contributed by atoms with Gasteiger partial charge in [-0.3, -0.25) is 0 Å². The van der Waals surface area contributed by atoms with E-state index in [9.17, 15) is 0 Å². The van der Waals surface area contributed by atoms with Crippen LogP contribution < -0.4 is 10.6 Å². The number of nitrogens with one attached hydrogen (secondary N) is 2. The number of nitrogens with zero attached hydrogens (tertiary/aromatic N) is 1. The van der Waals surface area contributed by atoms with Gasteiger partial charge in [-0.2, -0.15) is 0 Å². The lowest BCUT2D eigenvalue weighted by Gasteiger charge is -2.17. The van der Waals surface area contributed by atoms with Gasteiger partial charge in [-0.05, 0) is 38.4 Å². The Kier molecular flexibility index (Phi) is 4.27. The van der Waals surface area contributed by atoms with Crippen molar-refractivity contribution in [2.45, 2.75) is 25.3 Å². The molecule has 2 N–H and O–H groups in total. The van der Waals surface area contributed by atoms with E-state index < -0.39 is 0 Å². The maximum atomic E-state index is 6.06. The van der Waals surface area contributed by atoms with Gasteiger partial charge in [0.15, 0.2) is 0 Å². The smallest absolute Gasteiger partial charge is 0.145 e. The molecule has 0 saturated carbocycles. The first-order valence-electron chi connectivity index (χ1n) is 5.54. The maximum Gasteiger partial charge on any atom is 0.145 e. The van der Waals surface area contributed by atoms with Crippen LogP contribution in [0.15, 0.2) is 12.3 Å². The standard InChI is InChI=1S/C11H15Cl2N3/c12-8-6-10(13)11(15-7-8)16-9-2-1-4-14-5-3-9/h6-7,9,14H,1-5H2,(H,15,16). The topological polar surface area (TPSA) is 37.0 Å². The molecule has 0 spiro atoms. The Hall–Kier alpha value is -0.510. The van der Waals surface area contributed by atoms with Gasteiger partial charge in [0.1, 0.15) is 5.82 Å². The third-order valence-electron chi connectivity index (χ3n) is 2.72. The van der Waals surface area contributed by atoms with Gasteiger partial charge in [0.2, 0.25) is 0 Å². The monoisotopic (exact) mass is 259 g/mol. The van der Waals surface area contributed by atoms with Crippen LogP contribution in [0.3, 0.4) is 0 Å². The first-order valence-corrected chi connectivity index (χ1v) is 6.29. The van der Waals surface area contributed by atoms with Crippen molar-refractivity contribution in [3.8, 4) is 0 Å². The summed E-state index contributed by atoms with van der Waals surface area (Å²) in [6.07, 6.45) is 5.04. The van der Waals surface area contributed by atoms with E-state index >= 15 is 0 Å². The van der Waals surface area contributed by atoms with Crippen molar-refractivity contribution < 1.29 is 0 Å². The van der Waals surface area contributed by atoms with Crippen LogP contribution in [-0.4, -0.2) is 24.1 Å². The Morgan fingerprint density at radius 1 is 1.31 bits per heavy atom. The van der Waals surface area contributed by atoms with Gasteiger partial charge in [-0.15, -0.1) is 0 Å². The van der Waals surface area contributed by atoms with Crippen molar-refractivity contribution in [2.75, 3.05) is 18.4 Å². The Labute approximate surface area is 106 Å². The highest BCUT2D eigenvalue weighted by Gasteiger charge is 2.13. The summed E-state index contributed by atoms with van der Waals surface area (Å²) in [5.74, 6) is 0.734. The minimum Gasteiger partial charge on any atom is -0.366 e. The number of hydrogen-bond donors (Lipinski definition) is 2. The molecule has 2 heterocycles. The molecule has 0 bridgehead atoms. The molecule has 2 rings (SSSR count). The van der Waals surface area contributed by atoms with Crippen molar-refractivity contribution in [1.29, 1.82) is 0 Å². The predicted molar refractivity (Wildman–Crippen MR) is 68.4 cm³/mol. The minimum atomic E-state index is 0.446. The number of anilines is 1. The third-order valence-corrected chi connectivity index (χ3v) is 3.22. The molecule has 16 heavy (non-hydrogen) atoms. The van der Waals surface area contributed by atoms with Gasteiger partial charge in [-0.1, -0.05) is 23.2 Å². The molecule has 1 fully saturated rings. The summed E-state index contributed by atoms with van der Waals surface area (Å²) in [5.41, 5.74) is 0. The summed E-state index contributed by atoms with van der Waals surface area (Å²) in [6.45, 7) is 2.14. The van der Waals surface area contributed by atoms with Gasteiger partial charge in [0, 0.05) is 12.2 Å². The lowest BCUT2D eigenvalue weighted by Crippen LogP contribution is -2.22. The van der Waals surface area contributed by atoms with E-state index in [2.05, 4.69) is 15.6 Å². The first-order chi connectivity index (χ1) is 7.75. The zero-order valence-electron chi connectivity index (χ0n) is 8.97. The van der Waals surface area contributed by atoms with Crippen LogP contribution in [-0.2, 0) is 0 Å². The number of halogens is 2. The lowest BCUT2D eigenvalue weighted by atomic mass is 10.1. The quantitative estimate of drug-likeness (QED) is 0.858. The summed E-state index contributed by atoms with van der Waals surface area (Å²) >= 11 is 11.9. The zero-order valence-corrected chi connectivity index (χ0v) is 10.5. The fourth-order valence-corrected chi connectivity index (χ4v) is 2.31. The summed E-state index contributed by atoms with van der Waals surface area (Å²) in [4.78, 5) is 4.21. The van der Waals surface area contributed by atoms with E-state index in [1.165, 1.54) is 6.42 Å². The van der Waals surface area contributed by atoms with Crippen LogP contribution in [0.2, 0.25) is 10.0 Å². The molecule has 1 atom stereocenters. The summed E-state index contributed by atoms with van der Waals surface area (Å²) in [5, 5.41) is 7.90. The fourth-order valence-electron chi connectivity index (χ4n) is 1.88. The number of aromatic nitrogens is 1. The van der Waals surface area contributed by atoms with Crippen LogP contribution in [0.4, 0.5) is 5.82 Å².